The van der Waals surface area contributed by atoms with Crippen molar-refractivity contribution < 1.29 is 9.84 Å². The second-order valence-corrected chi connectivity index (χ2v) is 3.91. The third-order valence-corrected chi connectivity index (χ3v) is 2.05. The summed E-state index contributed by atoms with van der Waals surface area (Å²) in [7, 11) is 0. The zero-order valence-electron chi connectivity index (χ0n) is 7.59. The van der Waals surface area contributed by atoms with Crippen molar-refractivity contribution >= 4 is 29.2 Å². The van der Waals surface area contributed by atoms with Gasteiger partial charge in [-0.2, -0.15) is 0 Å². The Morgan fingerprint density at radius 3 is 2.64 bits per heavy atom. The quantitative estimate of drug-likeness (QED) is 0.612. The highest BCUT2D eigenvalue weighted by Crippen LogP contribution is 2.15. The van der Waals surface area contributed by atoms with E-state index in [1.807, 2.05) is 30.3 Å². The van der Waals surface area contributed by atoms with Crippen molar-refractivity contribution in [1.82, 2.24) is 0 Å². The fourth-order valence-electron chi connectivity index (χ4n) is 1.10. The van der Waals surface area contributed by atoms with Crippen LogP contribution in [0.5, 0.6) is 0 Å². The number of hydrogen-bond donors (Lipinski definition) is 2. The normalized spacial score (nSPS) is 12.1. The number of aliphatic hydroxyl groups is 1. The molecule has 1 aromatic carbocycles. The molecule has 0 aliphatic carbocycles. The molecule has 0 amide bonds. The van der Waals surface area contributed by atoms with Gasteiger partial charge in [-0.1, -0.05) is 43.0 Å². The maximum absolute atomic E-state index is 9.69. The lowest BCUT2D eigenvalue weighted by molar-refractivity contribution is 0.140. The second kappa shape index (κ2) is 6.01. The van der Waals surface area contributed by atoms with E-state index in [-0.39, 0.29) is 4.38 Å². The molecule has 4 heteroatoms. The zero-order valence-corrected chi connectivity index (χ0v) is 9.30. The van der Waals surface area contributed by atoms with Crippen LogP contribution in [0.3, 0.4) is 0 Å². The predicted octanol–water partition coefficient (Wildman–Crippen LogP) is 2.34. The molecule has 0 saturated heterocycles. The first-order valence-corrected chi connectivity index (χ1v) is 5.14. The van der Waals surface area contributed by atoms with Crippen LogP contribution in [0.25, 0.3) is 0 Å². The fourth-order valence-corrected chi connectivity index (χ4v) is 1.27. The molecule has 0 aromatic heterocycles. The molecule has 1 rings (SSSR count). The molecule has 0 unspecified atom stereocenters. The largest absolute Gasteiger partial charge is 0.479 e. The topological polar surface area (TPSA) is 29.5 Å². The van der Waals surface area contributed by atoms with Crippen LogP contribution in [-0.2, 0) is 4.74 Å². The Morgan fingerprint density at radius 1 is 1.43 bits per heavy atom. The summed E-state index contributed by atoms with van der Waals surface area (Å²) in [5.41, 5.74) is 0.890. The molecule has 0 fully saturated rings. The Bertz CT molecular complexity index is 287. The molecule has 0 aliphatic heterocycles. The molecule has 0 heterocycles. The van der Waals surface area contributed by atoms with Crippen molar-refractivity contribution in [1.29, 1.82) is 0 Å². The Balaban J connectivity index is 2.36. The fraction of sp³-hybridized carbons (Fsp3) is 0.300. The average molecular weight is 228 g/mol. The number of hydrogen-bond acceptors (Lipinski definition) is 3. The molecule has 76 valence electrons. The van der Waals surface area contributed by atoms with Crippen molar-refractivity contribution in [2.45, 2.75) is 12.5 Å². The lowest BCUT2D eigenvalue weighted by atomic mass is 10.1. The highest BCUT2D eigenvalue weighted by atomic mass is 32.1. The van der Waals surface area contributed by atoms with Crippen LogP contribution < -0.4 is 0 Å². The predicted molar refractivity (Wildman–Crippen MR) is 63.6 cm³/mol. The molecule has 1 atom stereocenters. The van der Waals surface area contributed by atoms with E-state index in [1.165, 1.54) is 0 Å². The maximum Gasteiger partial charge on any atom is 0.216 e. The van der Waals surface area contributed by atoms with Crippen LogP contribution >= 0.6 is 24.8 Å². The molecular weight excluding hydrogens is 216 g/mol. The van der Waals surface area contributed by atoms with Crippen LogP contribution in [0.4, 0.5) is 0 Å². The standard InChI is InChI=1S/C10H12O2S2/c11-9(6-7-12-10(13)14)8-4-2-1-3-5-8/h1-5,9,11H,6-7H2,(H,13,14)/t9-/m1/s1. The smallest absolute Gasteiger partial charge is 0.216 e. The minimum absolute atomic E-state index is 0.213. The van der Waals surface area contributed by atoms with Gasteiger partial charge < -0.3 is 9.84 Å². The molecule has 2 nitrogen and oxygen atoms in total. The van der Waals surface area contributed by atoms with Crippen molar-refractivity contribution in [2.75, 3.05) is 6.61 Å². The number of aliphatic hydroxyl groups excluding tert-OH is 1. The first-order chi connectivity index (χ1) is 6.70. The number of thiocarbonyl (C=S) groups is 1. The Kier molecular flexibility index (Phi) is 4.93. The summed E-state index contributed by atoms with van der Waals surface area (Å²) in [6.07, 6.45) is 0.0175. The summed E-state index contributed by atoms with van der Waals surface area (Å²) < 4.78 is 5.18. The molecule has 0 saturated carbocycles. The average Bonchev–Trinajstić information content (AvgIpc) is 2.18. The summed E-state index contributed by atoms with van der Waals surface area (Å²) in [5, 5.41) is 9.69. The third-order valence-electron chi connectivity index (χ3n) is 1.80. The van der Waals surface area contributed by atoms with E-state index in [1.54, 1.807) is 0 Å². The van der Waals surface area contributed by atoms with E-state index >= 15 is 0 Å². The molecule has 14 heavy (non-hydrogen) atoms. The highest BCUT2D eigenvalue weighted by molar-refractivity contribution is 8.10. The Morgan fingerprint density at radius 2 is 2.07 bits per heavy atom. The Hall–Kier alpha value is -0.580. The second-order valence-electron chi connectivity index (χ2n) is 2.83. The van der Waals surface area contributed by atoms with E-state index in [9.17, 15) is 5.11 Å². The summed E-state index contributed by atoms with van der Waals surface area (Å²) in [4.78, 5) is 0. The molecule has 0 radical (unpaired) electrons. The van der Waals surface area contributed by atoms with E-state index in [4.69, 9.17) is 4.74 Å². The van der Waals surface area contributed by atoms with Gasteiger partial charge in [0.05, 0.1) is 12.7 Å². The third kappa shape index (κ3) is 4.09. The molecule has 0 bridgehead atoms. The van der Waals surface area contributed by atoms with Crippen LogP contribution in [0.2, 0.25) is 0 Å². The molecule has 1 N–H and O–H groups in total. The SMILES string of the molecule is O[C@H](CCOC(=S)S)c1ccccc1. The highest BCUT2D eigenvalue weighted by Gasteiger charge is 2.06. The monoisotopic (exact) mass is 228 g/mol. The molecule has 0 spiro atoms. The lowest BCUT2D eigenvalue weighted by Crippen LogP contribution is -2.04. The van der Waals surface area contributed by atoms with Crippen molar-refractivity contribution in [2.24, 2.45) is 0 Å². The van der Waals surface area contributed by atoms with E-state index in [0.29, 0.717) is 13.0 Å². The van der Waals surface area contributed by atoms with Crippen LogP contribution in [0, 0.1) is 0 Å². The van der Waals surface area contributed by atoms with Gasteiger partial charge in [-0.15, -0.1) is 0 Å². The summed E-state index contributed by atoms with van der Waals surface area (Å²) in [6.45, 7) is 0.387. The molecular formula is C10H12O2S2. The van der Waals surface area contributed by atoms with Gasteiger partial charge in [-0.25, -0.2) is 0 Å². The first kappa shape index (κ1) is 11.5. The van der Waals surface area contributed by atoms with Crippen LogP contribution in [0.15, 0.2) is 30.3 Å². The molecule has 0 aliphatic rings. The minimum atomic E-state index is -0.501. The van der Waals surface area contributed by atoms with Gasteiger partial charge in [0.25, 0.3) is 0 Å². The Labute approximate surface area is 94.3 Å². The molecule has 1 aromatic rings. The lowest BCUT2D eigenvalue weighted by Gasteiger charge is -2.10. The van der Waals surface area contributed by atoms with Gasteiger partial charge in [0.2, 0.25) is 4.38 Å². The zero-order chi connectivity index (χ0) is 10.4. The van der Waals surface area contributed by atoms with E-state index in [0.717, 1.165) is 5.56 Å². The van der Waals surface area contributed by atoms with Crippen molar-refractivity contribution in [3.63, 3.8) is 0 Å². The van der Waals surface area contributed by atoms with E-state index < -0.39 is 6.10 Å². The number of rotatable bonds is 4. The summed E-state index contributed by atoms with van der Waals surface area (Å²) in [6, 6.07) is 9.45. The summed E-state index contributed by atoms with van der Waals surface area (Å²) >= 11 is 8.44. The van der Waals surface area contributed by atoms with Crippen LogP contribution in [0.1, 0.15) is 18.1 Å². The van der Waals surface area contributed by atoms with Gasteiger partial charge in [0.1, 0.15) is 0 Å². The first-order valence-electron chi connectivity index (χ1n) is 4.29. The number of thiol groups is 1. The van der Waals surface area contributed by atoms with Gasteiger partial charge in [0.15, 0.2) is 0 Å². The maximum atomic E-state index is 9.69. The van der Waals surface area contributed by atoms with Gasteiger partial charge in [-0.3, -0.25) is 0 Å². The van der Waals surface area contributed by atoms with Gasteiger partial charge >= 0.3 is 0 Å². The summed E-state index contributed by atoms with van der Waals surface area (Å²) in [5.74, 6) is 0. The van der Waals surface area contributed by atoms with Gasteiger partial charge in [-0.05, 0) is 17.8 Å². The number of ether oxygens (including phenoxy) is 1. The van der Waals surface area contributed by atoms with Crippen molar-refractivity contribution in [3.8, 4) is 0 Å². The van der Waals surface area contributed by atoms with Crippen LogP contribution in [-0.4, -0.2) is 16.1 Å². The number of benzene rings is 1. The van der Waals surface area contributed by atoms with E-state index in [2.05, 4.69) is 24.8 Å². The van der Waals surface area contributed by atoms with Gasteiger partial charge in [0, 0.05) is 6.42 Å². The minimum Gasteiger partial charge on any atom is -0.479 e. The van der Waals surface area contributed by atoms with Crippen molar-refractivity contribution in [3.05, 3.63) is 35.9 Å².